The lowest BCUT2D eigenvalue weighted by Crippen LogP contribution is -2.50. The third-order valence-electron chi connectivity index (χ3n) is 5.51. The van der Waals surface area contributed by atoms with Gasteiger partial charge in [-0.1, -0.05) is 24.3 Å². The third kappa shape index (κ3) is 2.86. The fourth-order valence-electron chi connectivity index (χ4n) is 4.11. The van der Waals surface area contributed by atoms with E-state index < -0.39 is 5.66 Å². The normalized spacial score (nSPS) is 18.9. The molecule has 0 amide bonds. The van der Waals surface area contributed by atoms with Crippen LogP contribution in [-0.4, -0.2) is 29.5 Å². The monoisotopic (exact) mass is 364 g/mol. The molecule has 3 N–H and O–H groups in total. The van der Waals surface area contributed by atoms with Gasteiger partial charge >= 0.3 is 0 Å². The molecule has 0 radical (unpaired) electrons. The van der Waals surface area contributed by atoms with Gasteiger partial charge in [-0.3, -0.25) is 4.90 Å². The lowest BCUT2D eigenvalue weighted by atomic mass is 9.93. The number of fused-ring (bicyclic) bond motifs is 2. The van der Waals surface area contributed by atoms with Crippen LogP contribution in [0.15, 0.2) is 57.9 Å². The van der Waals surface area contributed by atoms with Crippen molar-refractivity contribution in [2.75, 3.05) is 18.4 Å². The molecule has 5 rings (SSSR count). The number of hydrogen-bond acceptors (Lipinski definition) is 5. The van der Waals surface area contributed by atoms with Crippen LogP contribution >= 0.6 is 0 Å². The first-order chi connectivity index (χ1) is 13.1. The van der Waals surface area contributed by atoms with Crippen molar-refractivity contribution < 1.29 is 8.81 Å². The summed E-state index contributed by atoms with van der Waals surface area (Å²) >= 11 is 0. The van der Waals surface area contributed by atoms with Gasteiger partial charge in [-0.2, -0.15) is 0 Å². The number of nitrogens with zero attached hydrogens (tertiary/aromatic N) is 2. The van der Waals surface area contributed by atoms with Gasteiger partial charge in [0.15, 0.2) is 0 Å². The Kier molecular flexibility index (Phi) is 3.68. The van der Waals surface area contributed by atoms with Crippen molar-refractivity contribution in [3.8, 4) is 0 Å². The molecule has 1 saturated heterocycles. The predicted octanol–water partition coefficient (Wildman–Crippen LogP) is 3.70. The summed E-state index contributed by atoms with van der Waals surface area (Å²) in [5.41, 5.74) is 7.68. The topological polar surface area (TPSA) is 66.8 Å². The van der Waals surface area contributed by atoms with Gasteiger partial charge in [-0.15, -0.1) is 0 Å². The Hall–Kier alpha value is -2.86. The van der Waals surface area contributed by atoms with E-state index in [2.05, 4.69) is 27.3 Å². The van der Waals surface area contributed by atoms with Crippen LogP contribution in [0.4, 0.5) is 10.1 Å². The number of furan rings is 1. The highest BCUT2D eigenvalue weighted by molar-refractivity contribution is 6.04. The second kappa shape index (κ2) is 6.09. The molecule has 1 fully saturated rings. The van der Waals surface area contributed by atoms with Gasteiger partial charge in [0.05, 0.1) is 12.1 Å². The smallest absolute Gasteiger partial charge is 0.136 e. The summed E-state index contributed by atoms with van der Waals surface area (Å²) in [5, 5.41) is 4.56. The SMILES string of the molecule is NC1=NC2(CCN(Cc3cc4ccccc4o3)CC2)Nc2cccc(F)c21. The zero-order valence-electron chi connectivity index (χ0n) is 14.9. The lowest BCUT2D eigenvalue weighted by Gasteiger charge is -2.42. The van der Waals surface area contributed by atoms with E-state index in [0.29, 0.717) is 5.56 Å². The van der Waals surface area contributed by atoms with Gasteiger partial charge in [0.25, 0.3) is 0 Å². The number of amidine groups is 1. The molecular formula is C21H21FN4O. The van der Waals surface area contributed by atoms with Crippen molar-refractivity contribution in [3.63, 3.8) is 0 Å². The second-order valence-corrected chi connectivity index (χ2v) is 7.34. The Morgan fingerprint density at radius 3 is 2.78 bits per heavy atom. The van der Waals surface area contributed by atoms with Crippen molar-refractivity contribution in [1.82, 2.24) is 4.90 Å². The Morgan fingerprint density at radius 1 is 1.15 bits per heavy atom. The maximum absolute atomic E-state index is 14.1. The summed E-state index contributed by atoms with van der Waals surface area (Å²) < 4.78 is 20.0. The van der Waals surface area contributed by atoms with Crippen LogP contribution in [0, 0.1) is 5.82 Å². The molecule has 0 aliphatic carbocycles. The first-order valence-corrected chi connectivity index (χ1v) is 9.24. The molecule has 1 aromatic heterocycles. The van der Waals surface area contributed by atoms with E-state index in [1.165, 1.54) is 6.07 Å². The number of benzene rings is 2. The van der Waals surface area contributed by atoms with E-state index in [1.54, 1.807) is 6.07 Å². The molecule has 27 heavy (non-hydrogen) atoms. The second-order valence-electron chi connectivity index (χ2n) is 7.34. The number of rotatable bonds is 2. The fraction of sp³-hybridized carbons (Fsp3) is 0.286. The van der Waals surface area contributed by atoms with E-state index in [-0.39, 0.29) is 11.7 Å². The molecule has 2 aromatic carbocycles. The standard InChI is InChI=1S/C21H21FN4O/c22-16-5-3-6-17-19(16)20(23)25-21(24-17)8-10-26(11-9-21)13-15-12-14-4-1-2-7-18(14)27-15/h1-7,12,24H,8-11,13H2,(H2,23,25). The molecule has 2 aliphatic rings. The van der Waals surface area contributed by atoms with E-state index in [4.69, 9.17) is 10.2 Å². The minimum Gasteiger partial charge on any atom is -0.460 e. The summed E-state index contributed by atoms with van der Waals surface area (Å²) in [4.78, 5) is 7.00. The van der Waals surface area contributed by atoms with Crippen LogP contribution in [-0.2, 0) is 6.54 Å². The number of hydrogen-bond donors (Lipinski definition) is 2. The highest BCUT2D eigenvalue weighted by Crippen LogP contribution is 2.35. The first kappa shape index (κ1) is 16.3. The quantitative estimate of drug-likeness (QED) is 0.728. The number of halogens is 1. The summed E-state index contributed by atoms with van der Waals surface area (Å²) in [6.07, 6.45) is 1.62. The summed E-state index contributed by atoms with van der Waals surface area (Å²) in [6, 6.07) is 15.1. The molecule has 3 aromatic rings. The molecule has 0 unspecified atom stereocenters. The van der Waals surface area contributed by atoms with E-state index in [0.717, 1.165) is 54.9 Å². The first-order valence-electron chi connectivity index (χ1n) is 9.24. The van der Waals surface area contributed by atoms with Gasteiger partial charge in [0, 0.05) is 37.0 Å². The van der Waals surface area contributed by atoms with Crippen LogP contribution in [0.25, 0.3) is 11.0 Å². The van der Waals surface area contributed by atoms with Crippen molar-refractivity contribution in [2.45, 2.75) is 25.0 Å². The molecule has 0 saturated carbocycles. The third-order valence-corrected chi connectivity index (χ3v) is 5.51. The predicted molar refractivity (Wildman–Crippen MR) is 104 cm³/mol. The number of likely N-dealkylation sites (tertiary alicyclic amines) is 1. The zero-order chi connectivity index (χ0) is 18.4. The van der Waals surface area contributed by atoms with Crippen LogP contribution in [0.5, 0.6) is 0 Å². The number of aliphatic imine (C=N–C) groups is 1. The summed E-state index contributed by atoms with van der Waals surface area (Å²) in [7, 11) is 0. The van der Waals surface area contributed by atoms with Gasteiger partial charge in [0.1, 0.15) is 28.7 Å². The van der Waals surface area contributed by atoms with Crippen LogP contribution in [0.3, 0.4) is 0 Å². The average Bonchev–Trinajstić information content (AvgIpc) is 3.06. The molecule has 138 valence electrons. The molecule has 5 nitrogen and oxygen atoms in total. The molecule has 2 aliphatic heterocycles. The number of nitrogens with two attached hydrogens (primary N) is 1. The molecule has 6 heteroatoms. The molecule has 0 bridgehead atoms. The van der Waals surface area contributed by atoms with Crippen LogP contribution < -0.4 is 11.1 Å². The van der Waals surface area contributed by atoms with Crippen LogP contribution in [0.1, 0.15) is 24.2 Å². The molecule has 0 atom stereocenters. The minimum absolute atomic E-state index is 0.285. The maximum Gasteiger partial charge on any atom is 0.136 e. The van der Waals surface area contributed by atoms with E-state index >= 15 is 0 Å². The van der Waals surface area contributed by atoms with Gasteiger partial charge in [-0.05, 0) is 24.3 Å². The largest absolute Gasteiger partial charge is 0.460 e. The molecule has 1 spiro atoms. The Labute approximate surface area is 156 Å². The van der Waals surface area contributed by atoms with E-state index in [9.17, 15) is 4.39 Å². The lowest BCUT2D eigenvalue weighted by molar-refractivity contribution is 0.161. The van der Waals surface area contributed by atoms with Crippen molar-refractivity contribution >= 4 is 22.5 Å². The average molecular weight is 364 g/mol. The summed E-state index contributed by atoms with van der Waals surface area (Å²) in [5.74, 6) is 0.921. The van der Waals surface area contributed by atoms with Gasteiger partial charge < -0.3 is 15.5 Å². The Balaban J connectivity index is 1.31. The van der Waals surface area contributed by atoms with Crippen LogP contribution in [0.2, 0.25) is 0 Å². The highest BCUT2D eigenvalue weighted by atomic mass is 19.1. The van der Waals surface area contributed by atoms with Gasteiger partial charge in [0.2, 0.25) is 0 Å². The summed E-state index contributed by atoms with van der Waals surface area (Å²) in [6.45, 7) is 2.51. The highest BCUT2D eigenvalue weighted by Gasteiger charge is 2.38. The zero-order valence-corrected chi connectivity index (χ0v) is 14.9. The number of para-hydroxylation sites is 1. The maximum atomic E-state index is 14.1. The number of piperidine rings is 1. The molecule has 3 heterocycles. The number of anilines is 1. The Morgan fingerprint density at radius 2 is 1.96 bits per heavy atom. The number of nitrogens with one attached hydrogen (secondary N) is 1. The van der Waals surface area contributed by atoms with Crippen molar-refractivity contribution in [3.05, 3.63) is 65.7 Å². The van der Waals surface area contributed by atoms with Crippen molar-refractivity contribution in [1.29, 1.82) is 0 Å². The van der Waals surface area contributed by atoms with Crippen molar-refractivity contribution in [2.24, 2.45) is 10.7 Å². The molecular weight excluding hydrogens is 343 g/mol. The Bertz CT molecular complexity index is 1000. The fourth-order valence-corrected chi connectivity index (χ4v) is 4.11. The van der Waals surface area contributed by atoms with Gasteiger partial charge in [-0.25, -0.2) is 9.38 Å². The van der Waals surface area contributed by atoms with E-state index in [1.807, 2.05) is 24.3 Å². The minimum atomic E-state index is -0.449.